The van der Waals surface area contributed by atoms with Crippen LogP contribution in [0, 0.1) is 3.57 Å². The van der Waals surface area contributed by atoms with Crippen LogP contribution in [-0.4, -0.2) is 6.36 Å². The van der Waals surface area contributed by atoms with E-state index in [9.17, 15) is 13.2 Å². The van der Waals surface area contributed by atoms with Gasteiger partial charge in [0.05, 0.1) is 9.26 Å². The lowest BCUT2D eigenvalue weighted by Gasteiger charge is -2.13. The molecule has 0 bridgehead atoms. The minimum Gasteiger partial charge on any atom is -0.402 e. The number of anilines is 1. The van der Waals surface area contributed by atoms with E-state index in [1.54, 1.807) is 28.7 Å². The summed E-state index contributed by atoms with van der Waals surface area (Å²) < 4.78 is 40.3. The van der Waals surface area contributed by atoms with Gasteiger partial charge in [-0.05, 0) is 50.7 Å². The van der Waals surface area contributed by atoms with Gasteiger partial charge in [-0.3, -0.25) is 0 Å². The summed E-state index contributed by atoms with van der Waals surface area (Å²) >= 11 is 4.73. The molecule has 0 spiro atoms. The Morgan fingerprint density at radius 3 is 2.43 bits per heavy atom. The van der Waals surface area contributed by atoms with Gasteiger partial charge in [0.15, 0.2) is 5.75 Å². The maximum Gasteiger partial charge on any atom is 0.573 e. The average molecular weight is 382 g/mol. The molecular weight excluding hydrogens is 378 g/mol. The Bertz CT molecular complexity index is 356. The molecule has 7 heteroatoms. The highest BCUT2D eigenvalue weighted by Crippen LogP contribution is 2.37. The van der Waals surface area contributed by atoms with Gasteiger partial charge < -0.3 is 10.5 Å². The summed E-state index contributed by atoms with van der Waals surface area (Å²) in [7, 11) is 0. The number of nitrogens with two attached hydrogens (primary N) is 1. The predicted octanol–water partition coefficient (Wildman–Crippen LogP) is 3.53. The Hall–Kier alpha value is -0.180. The summed E-state index contributed by atoms with van der Waals surface area (Å²) in [5, 5.41) is 0. The van der Waals surface area contributed by atoms with Crippen molar-refractivity contribution in [2.45, 2.75) is 6.36 Å². The van der Waals surface area contributed by atoms with Crippen LogP contribution in [0.4, 0.5) is 18.9 Å². The Kier molecular flexibility index (Phi) is 3.51. The summed E-state index contributed by atoms with van der Waals surface area (Å²) in [6, 6.07) is 3.03. The van der Waals surface area contributed by atoms with E-state index in [2.05, 4.69) is 20.7 Å². The van der Waals surface area contributed by atoms with Crippen molar-refractivity contribution >= 4 is 44.2 Å². The number of ether oxygens (including phenoxy) is 1. The molecule has 2 N–H and O–H groups in total. The second-order valence-electron chi connectivity index (χ2n) is 2.32. The van der Waals surface area contributed by atoms with Gasteiger partial charge in [-0.2, -0.15) is 0 Å². The van der Waals surface area contributed by atoms with Gasteiger partial charge in [0.25, 0.3) is 0 Å². The van der Waals surface area contributed by atoms with E-state index in [4.69, 9.17) is 5.73 Å². The third-order valence-electron chi connectivity index (χ3n) is 1.31. The number of alkyl halides is 3. The van der Waals surface area contributed by atoms with E-state index in [0.717, 1.165) is 0 Å². The van der Waals surface area contributed by atoms with Gasteiger partial charge >= 0.3 is 6.36 Å². The molecule has 0 fully saturated rings. The van der Waals surface area contributed by atoms with E-state index >= 15 is 0 Å². The minimum absolute atomic E-state index is 0.0609. The van der Waals surface area contributed by atoms with Crippen molar-refractivity contribution in [3.63, 3.8) is 0 Å². The molecule has 1 aromatic rings. The molecule has 1 aromatic carbocycles. The normalized spacial score (nSPS) is 11.5. The second kappa shape index (κ2) is 4.13. The molecule has 0 unspecified atom stereocenters. The third kappa shape index (κ3) is 2.91. The molecule has 0 saturated heterocycles. The summed E-state index contributed by atoms with van der Waals surface area (Å²) in [4.78, 5) is 0. The summed E-state index contributed by atoms with van der Waals surface area (Å²) in [6.07, 6.45) is -4.73. The number of benzene rings is 1. The van der Waals surface area contributed by atoms with Crippen LogP contribution in [0.5, 0.6) is 5.75 Å². The third-order valence-corrected chi connectivity index (χ3v) is 2.85. The standard InChI is InChI=1S/C7H4BrF3INO/c8-3-1-2-4(12)6(5(3)13)14-7(9,10)11/h1-2H,13H2. The number of rotatable bonds is 1. The smallest absolute Gasteiger partial charge is 0.402 e. The van der Waals surface area contributed by atoms with E-state index in [1.165, 1.54) is 6.07 Å². The van der Waals surface area contributed by atoms with Crippen LogP contribution in [0.1, 0.15) is 0 Å². The van der Waals surface area contributed by atoms with Gasteiger partial charge in [-0.15, -0.1) is 13.2 Å². The Morgan fingerprint density at radius 2 is 1.93 bits per heavy atom. The number of nitrogen functional groups attached to an aromatic ring is 1. The van der Waals surface area contributed by atoms with Gasteiger partial charge in [0.1, 0.15) is 0 Å². The highest BCUT2D eigenvalue weighted by Gasteiger charge is 2.33. The lowest BCUT2D eigenvalue weighted by molar-refractivity contribution is -0.274. The van der Waals surface area contributed by atoms with Gasteiger partial charge in [-0.1, -0.05) is 0 Å². The monoisotopic (exact) mass is 381 g/mol. The van der Waals surface area contributed by atoms with Gasteiger partial charge in [0, 0.05) is 4.47 Å². The van der Waals surface area contributed by atoms with Gasteiger partial charge in [-0.25, -0.2) is 0 Å². The largest absolute Gasteiger partial charge is 0.573 e. The average Bonchev–Trinajstić information content (AvgIpc) is 2.04. The highest BCUT2D eigenvalue weighted by atomic mass is 127. The van der Waals surface area contributed by atoms with Crippen molar-refractivity contribution in [1.82, 2.24) is 0 Å². The zero-order valence-corrected chi connectivity index (χ0v) is 10.3. The first-order valence-electron chi connectivity index (χ1n) is 3.30. The summed E-state index contributed by atoms with van der Waals surface area (Å²) in [6.45, 7) is 0. The van der Waals surface area contributed by atoms with Crippen molar-refractivity contribution in [2.24, 2.45) is 0 Å². The Morgan fingerprint density at radius 1 is 1.36 bits per heavy atom. The lowest BCUT2D eigenvalue weighted by Crippen LogP contribution is -2.18. The molecule has 78 valence electrons. The SMILES string of the molecule is Nc1c(Br)ccc(I)c1OC(F)(F)F. The maximum atomic E-state index is 11.9. The van der Waals surface area contributed by atoms with Crippen molar-refractivity contribution in [1.29, 1.82) is 0 Å². The molecule has 0 aliphatic carbocycles. The molecule has 0 aromatic heterocycles. The van der Waals surface area contributed by atoms with Crippen molar-refractivity contribution < 1.29 is 17.9 Å². The number of hydrogen-bond donors (Lipinski definition) is 1. The molecule has 1 rings (SSSR count). The molecule has 0 aliphatic heterocycles. The molecule has 0 heterocycles. The molecular formula is C7H4BrF3INO. The second-order valence-corrected chi connectivity index (χ2v) is 4.34. The minimum atomic E-state index is -4.73. The molecule has 14 heavy (non-hydrogen) atoms. The van der Waals surface area contributed by atoms with E-state index in [-0.39, 0.29) is 11.4 Å². The lowest BCUT2D eigenvalue weighted by atomic mass is 10.3. The first kappa shape index (κ1) is 11.9. The highest BCUT2D eigenvalue weighted by molar-refractivity contribution is 14.1. The van der Waals surface area contributed by atoms with E-state index < -0.39 is 6.36 Å². The molecule has 2 nitrogen and oxygen atoms in total. The first-order valence-corrected chi connectivity index (χ1v) is 5.17. The van der Waals surface area contributed by atoms with Crippen LogP contribution in [0.2, 0.25) is 0 Å². The maximum absolute atomic E-state index is 11.9. The van der Waals surface area contributed by atoms with Crippen LogP contribution in [0.25, 0.3) is 0 Å². The van der Waals surface area contributed by atoms with E-state index in [1.807, 2.05) is 0 Å². The quantitative estimate of drug-likeness (QED) is 0.596. The van der Waals surface area contributed by atoms with Crippen LogP contribution in [0.3, 0.4) is 0 Å². The molecule has 0 saturated carbocycles. The van der Waals surface area contributed by atoms with Crippen LogP contribution in [-0.2, 0) is 0 Å². The fraction of sp³-hybridized carbons (Fsp3) is 0.143. The predicted molar refractivity (Wildman–Crippen MR) is 58.0 cm³/mol. The first-order chi connectivity index (χ1) is 6.31. The Labute approximate surface area is 99.9 Å². The fourth-order valence-electron chi connectivity index (χ4n) is 0.768. The summed E-state index contributed by atoms with van der Waals surface area (Å²) in [5.41, 5.74) is 5.35. The fourth-order valence-corrected chi connectivity index (χ4v) is 1.66. The Balaban J connectivity index is 3.13. The van der Waals surface area contributed by atoms with Crippen molar-refractivity contribution in [3.05, 3.63) is 20.2 Å². The number of halogens is 5. The topological polar surface area (TPSA) is 35.2 Å². The molecule has 0 aliphatic rings. The van der Waals surface area contributed by atoms with Crippen LogP contribution >= 0.6 is 38.5 Å². The van der Waals surface area contributed by atoms with Crippen molar-refractivity contribution in [3.8, 4) is 5.75 Å². The molecule has 0 atom stereocenters. The van der Waals surface area contributed by atoms with Gasteiger partial charge in [0.2, 0.25) is 0 Å². The van der Waals surface area contributed by atoms with E-state index in [0.29, 0.717) is 8.04 Å². The molecule has 0 radical (unpaired) electrons. The van der Waals surface area contributed by atoms with Crippen LogP contribution < -0.4 is 10.5 Å². The zero-order valence-electron chi connectivity index (χ0n) is 6.53. The summed E-state index contributed by atoms with van der Waals surface area (Å²) in [5.74, 6) is -0.368. The zero-order chi connectivity index (χ0) is 10.9. The molecule has 0 amide bonds. The van der Waals surface area contributed by atoms with Crippen LogP contribution in [0.15, 0.2) is 16.6 Å². The van der Waals surface area contributed by atoms with Crippen molar-refractivity contribution in [2.75, 3.05) is 5.73 Å². The number of hydrogen-bond acceptors (Lipinski definition) is 2.